The summed E-state index contributed by atoms with van der Waals surface area (Å²) in [6.07, 6.45) is 1.16. The van der Waals surface area contributed by atoms with E-state index in [9.17, 15) is 4.79 Å². The maximum absolute atomic E-state index is 13.1. The van der Waals surface area contributed by atoms with Crippen LogP contribution in [0.3, 0.4) is 0 Å². The Labute approximate surface area is 172 Å². The number of amides is 1. The lowest BCUT2D eigenvalue weighted by Gasteiger charge is -2.38. The van der Waals surface area contributed by atoms with Crippen LogP contribution in [0.4, 0.5) is 0 Å². The van der Waals surface area contributed by atoms with Crippen molar-refractivity contribution in [1.29, 1.82) is 0 Å². The molecule has 0 radical (unpaired) electrons. The molecule has 0 aliphatic carbocycles. The van der Waals surface area contributed by atoms with Crippen molar-refractivity contribution in [3.8, 4) is 5.75 Å². The predicted octanol–water partition coefficient (Wildman–Crippen LogP) is 5.63. The Morgan fingerprint density at radius 1 is 0.931 bits per heavy atom. The van der Waals surface area contributed by atoms with E-state index in [2.05, 4.69) is 43.4 Å². The lowest BCUT2D eigenvalue weighted by atomic mass is 9.87. The van der Waals surface area contributed by atoms with Gasteiger partial charge in [-0.15, -0.1) is 0 Å². The van der Waals surface area contributed by atoms with Gasteiger partial charge in [-0.25, -0.2) is 0 Å². The molecule has 4 rings (SSSR count). The molecule has 1 aliphatic heterocycles. The van der Waals surface area contributed by atoms with Gasteiger partial charge in [0.15, 0.2) is 0 Å². The molecule has 1 aliphatic rings. The molecule has 1 atom stereocenters. The van der Waals surface area contributed by atoms with Gasteiger partial charge >= 0.3 is 0 Å². The van der Waals surface area contributed by atoms with Gasteiger partial charge in [-0.1, -0.05) is 78.9 Å². The zero-order valence-corrected chi connectivity index (χ0v) is 17.0. The number of benzene rings is 3. The van der Waals surface area contributed by atoms with Crippen molar-refractivity contribution in [2.24, 2.45) is 0 Å². The minimum atomic E-state index is -0.315. The molecule has 3 heteroatoms. The molecule has 0 saturated carbocycles. The van der Waals surface area contributed by atoms with E-state index >= 15 is 0 Å². The van der Waals surface area contributed by atoms with Crippen LogP contribution >= 0.6 is 0 Å². The summed E-state index contributed by atoms with van der Waals surface area (Å²) < 4.78 is 6.10. The highest BCUT2D eigenvalue weighted by molar-refractivity contribution is 5.78. The molecule has 1 unspecified atom stereocenters. The number of hydrogen-bond acceptors (Lipinski definition) is 2. The second kappa shape index (κ2) is 8.12. The number of rotatable bonds is 5. The van der Waals surface area contributed by atoms with E-state index in [0.717, 1.165) is 28.9 Å². The van der Waals surface area contributed by atoms with Crippen molar-refractivity contribution in [1.82, 2.24) is 5.32 Å². The Bertz CT molecular complexity index is 927. The Morgan fingerprint density at radius 3 is 2.10 bits per heavy atom. The van der Waals surface area contributed by atoms with Crippen molar-refractivity contribution in [2.75, 3.05) is 0 Å². The van der Waals surface area contributed by atoms with E-state index in [0.29, 0.717) is 6.42 Å². The molecule has 0 aromatic heterocycles. The molecule has 1 heterocycles. The maximum Gasteiger partial charge on any atom is 0.221 e. The Hall–Kier alpha value is -3.07. The first-order chi connectivity index (χ1) is 14.0. The minimum Gasteiger partial charge on any atom is -0.487 e. The topological polar surface area (TPSA) is 38.3 Å². The Morgan fingerprint density at radius 2 is 1.48 bits per heavy atom. The van der Waals surface area contributed by atoms with Crippen LogP contribution in [-0.4, -0.2) is 11.5 Å². The van der Waals surface area contributed by atoms with Crippen molar-refractivity contribution in [3.63, 3.8) is 0 Å². The Balaban J connectivity index is 1.56. The van der Waals surface area contributed by atoms with Crippen LogP contribution < -0.4 is 10.1 Å². The highest BCUT2D eigenvalue weighted by Gasteiger charge is 2.34. The summed E-state index contributed by atoms with van der Waals surface area (Å²) in [5.74, 6) is 0.942. The van der Waals surface area contributed by atoms with Crippen molar-refractivity contribution in [2.45, 2.75) is 44.2 Å². The van der Waals surface area contributed by atoms with Gasteiger partial charge < -0.3 is 10.1 Å². The van der Waals surface area contributed by atoms with Crippen molar-refractivity contribution < 1.29 is 9.53 Å². The van der Waals surface area contributed by atoms with Gasteiger partial charge in [-0.2, -0.15) is 0 Å². The molecule has 3 nitrogen and oxygen atoms in total. The molecule has 1 amide bonds. The fraction of sp³-hybridized carbons (Fsp3) is 0.269. The van der Waals surface area contributed by atoms with E-state index in [1.54, 1.807) is 0 Å². The van der Waals surface area contributed by atoms with Gasteiger partial charge in [0.25, 0.3) is 0 Å². The van der Waals surface area contributed by atoms with Gasteiger partial charge in [0, 0.05) is 24.3 Å². The van der Waals surface area contributed by atoms with Crippen LogP contribution in [0.25, 0.3) is 0 Å². The first kappa shape index (κ1) is 19.3. The summed E-state index contributed by atoms with van der Waals surface area (Å²) in [6.45, 7) is 4.14. The van der Waals surface area contributed by atoms with Gasteiger partial charge in [-0.3, -0.25) is 4.79 Å². The van der Waals surface area contributed by atoms with E-state index in [-0.39, 0.29) is 23.5 Å². The van der Waals surface area contributed by atoms with E-state index in [4.69, 9.17) is 4.74 Å². The average molecular weight is 386 g/mol. The molecule has 0 fully saturated rings. The Kier molecular flexibility index (Phi) is 5.39. The zero-order chi connectivity index (χ0) is 20.3. The summed E-state index contributed by atoms with van der Waals surface area (Å²) in [6, 6.07) is 28.4. The molecule has 3 aromatic rings. The molecule has 0 bridgehead atoms. The number of hydrogen-bond donors (Lipinski definition) is 1. The number of para-hydroxylation sites is 1. The fourth-order valence-electron chi connectivity index (χ4n) is 4.17. The third kappa shape index (κ3) is 4.51. The molecule has 29 heavy (non-hydrogen) atoms. The van der Waals surface area contributed by atoms with Gasteiger partial charge in [0.1, 0.15) is 11.4 Å². The van der Waals surface area contributed by atoms with Crippen LogP contribution in [0.15, 0.2) is 84.9 Å². The predicted molar refractivity (Wildman–Crippen MR) is 116 cm³/mol. The smallest absolute Gasteiger partial charge is 0.221 e. The standard InChI is InChI=1S/C26H27NO2/c1-26(2)18-23(21-15-9-10-16-24(21)29-26)27-25(28)17-22(19-11-5-3-6-12-19)20-13-7-4-8-14-20/h3-16,22-23H,17-18H2,1-2H3,(H,27,28). The van der Waals surface area contributed by atoms with E-state index in [1.807, 2.05) is 60.7 Å². The normalized spacial score (nSPS) is 17.3. The van der Waals surface area contributed by atoms with E-state index in [1.165, 1.54) is 0 Å². The molecule has 0 saturated heterocycles. The molecule has 148 valence electrons. The maximum atomic E-state index is 13.1. The van der Waals surface area contributed by atoms with Crippen LogP contribution in [-0.2, 0) is 4.79 Å². The molecule has 0 spiro atoms. The monoisotopic (exact) mass is 385 g/mol. The van der Waals surface area contributed by atoms with Crippen molar-refractivity contribution in [3.05, 3.63) is 102 Å². The number of fused-ring (bicyclic) bond motifs is 1. The molecule has 3 aromatic carbocycles. The summed E-state index contributed by atoms with van der Waals surface area (Å²) in [5.41, 5.74) is 3.05. The van der Waals surface area contributed by atoms with Crippen molar-refractivity contribution >= 4 is 5.91 Å². The second-order valence-corrected chi connectivity index (χ2v) is 8.30. The largest absolute Gasteiger partial charge is 0.487 e. The fourth-order valence-corrected chi connectivity index (χ4v) is 4.17. The second-order valence-electron chi connectivity index (χ2n) is 8.30. The van der Waals surface area contributed by atoms with Crippen LogP contribution in [0.5, 0.6) is 5.75 Å². The average Bonchev–Trinajstić information content (AvgIpc) is 2.72. The zero-order valence-electron chi connectivity index (χ0n) is 17.0. The highest BCUT2D eigenvalue weighted by Crippen LogP contribution is 2.39. The summed E-state index contributed by atoms with van der Waals surface area (Å²) in [4.78, 5) is 13.1. The summed E-state index contributed by atoms with van der Waals surface area (Å²) in [7, 11) is 0. The first-order valence-electron chi connectivity index (χ1n) is 10.2. The third-order valence-electron chi connectivity index (χ3n) is 5.51. The van der Waals surface area contributed by atoms with E-state index < -0.39 is 0 Å². The highest BCUT2D eigenvalue weighted by atomic mass is 16.5. The minimum absolute atomic E-state index is 0.0282. The SMILES string of the molecule is CC1(C)CC(NC(=O)CC(c2ccccc2)c2ccccc2)c2ccccc2O1. The lowest BCUT2D eigenvalue weighted by Crippen LogP contribution is -2.41. The number of nitrogens with one attached hydrogen (secondary N) is 1. The lowest BCUT2D eigenvalue weighted by molar-refractivity contribution is -0.122. The number of carbonyl (C=O) groups is 1. The van der Waals surface area contributed by atoms with Crippen LogP contribution in [0.1, 0.15) is 55.3 Å². The molecular formula is C26H27NO2. The van der Waals surface area contributed by atoms with Gasteiger partial charge in [0.05, 0.1) is 6.04 Å². The van der Waals surface area contributed by atoms with Crippen LogP contribution in [0.2, 0.25) is 0 Å². The van der Waals surface area contributed by atoms with Gasteiger partial charge in [0.2, 0.25) is 5.91 Å². The van der Waals surface area contributed by atoms with Crippen LogP contribution in [0, 0.1) is 0 Å². The summed E-state index contributed by atoms with van der Waals surface area (Å²) in [5, 5.41) is 3.28. The quantitative estimate of drug-likeness (QED) is 0.618. The summed E-state index contributed by atoms with van der Waals surface area (Å²) >= 11 is 0. The third-order valence-corrected chi connectivity index (χ3v) is 5.51. The molecule has 1 N–H and O–H groups in total. The molecular weight excluding hydrogens is 358 g/mol. The first-order valence-corrected chi connectivity index (χ1v) is 10.2. The number of ether oxygens (including phenoxy) is 1. The van der Waals surface area contributed by atoms with Gasteiger partial charge in [-0.05, 0) is 31.0 Å². The number of carbonyl (C=O) groups excluding carboxylic acids is 1.